The zero-order chi connectivity index (χ0) is 16.6. The Morgan fingerprint density at radius 3 is 2.24 bits per heavy atom. The summed E-state index contributed by atoms with van der Waals surface area (Å²) in [6, 6.07) is 0. The summed E-state index contributed by atoms with van der Waals surface area (Å²) in [4.78, 5) is 23.1. The quantitative estimate of drug-likeness (QED) is 0.429. The van der Waals surface area contributed by atoms with E-state index in [2.05, 4.69) is 5.32 Å². The van der Waals surface area contributed by atoms with Crippen LogP contribution in [0.3, 0.4) is 0 Å². The minimum absolute atomic E-state index is 0.00796. The second-order valence-corrected chi connectivity index (χ2v) is 6.39. The molecule has 120 valence electrons. The van der Waals surface area contributed by atoms with E-state index in [9.17, 15) is 14.7 Å². The molecule has 0 aliphatic heterocycles. The van der Waals surface area contributed by atoms with Crippen LogP contribution in [0, 0.1) is 11.3 Å². The van der Waals surface area contributed by atoms with Crippen molar-refractivity contribution in [3.8, 4) is 0 Å². The summed E-state index contributed by atoms with van der Waals surface area (Å²) in [5.74, 6) is -0.998. The number of carbonyl (C=O) groups excluding carboxylic acids is 1. The van der Waals surface area contributed by atoms with Crippen LogP contribution >= 0.6 is 0 Å². The molecule has 0 spiro atoms. The average Bonchev–Trinajstić information content (AvgIpc) is 2.35. The van der Waals surface area contributed by atoms with E-state index in [-0.39, 0.29) is 17.2 Å². The van der Waals surface area contributed by atoms with Crippen LogP contribution in [0.5, 0.6) is 0 Å². The van der Waals surface area contributed by atoms with Gasteiger partial charge in [0.25, 0.3) is 0 Å². The van der Waals surface area contributed by atoms with Crippen LogP contribution in [-0.4, -0.2) is 23.5 Å². The van der Waals surface area contributed by atoms with E-state index in [1.807, 2.05) is 40.7 Å². The molecule has 0 aliphatic rings. The van der Waals surface area contributed by atoms with Crippen molar-refractivity contribution in [3.63, 3.8) is 0 Å². The van der Waals surface area contributed by atoms with Gasteiger partial charge in [-0.2, -0.15) is 0 Å². The highest BCUT2D eigenvalue weighted by Crippen LogP contribution is 2.25. The summed E-state index contributed by atoms with van der Waals surface area (Å²) < 4.78 is 0. The summed E-state index contributed by atoms with van der Waals surface area (Å²) in [5.41, 5.74) is 1.00. The maximum absolute atomic E-state index is 11.9. The maximum Gasteiger partial charge on any atom is 0.335 e. The molecular formula is C17H29NO3. The molecule has 2 N–H and O–H groups in total. The van der Waals surface area contributed by atoms with Crippen molar-refractivity contribution in [3.05, 3.63) is 23.3 Å². The molecule has 0 bridgehead atoms. The zero-order valence-corrected chi connectivity index (χ0v) is 14.1. The molecule has 0 rings (SSSR count). The van der Waals surface area contributed by atoms with Crippen LogP contribution in [-0.2, 0) is 9.59 Å². The maximum atomic E-state index is 11.9. The van der Waals surface area contributed by atoms with Crippen molar-refractivity contribution < 1.29 is 14.7 Å². The van der Waals surface area contributed by atoms with Crippen LogP contribution < -0.4 is 5.32 Å². The first-order valence-corrected chi connectivity index (χ1v) is 7.49. The van der Waals surface area contributed by atoms with Gasteiger partial charge in [-0.3, -0.25) is 4.79 Å². The molecule has 4 heteroatoms. The van der Waals surface area contributed by atoms with Crippen molar-refractivity contribution in [1.82, 2.24) is 5.32 Å². The molecule has 0 fully saturated rings. The number of hydrogen-bond acceptors (Lipinski definition) is 2. The van der Waals surface area contributed by atoms with Crippen molar-refractivity contribution in [2.75, 3.05) is 6.54 Å². The fourth-order valence-electron chi connectivity index (χ4n) is 1.79. The van der Waals surface area contributed by atoms with Gasteiger partial charge in [-0.25, -0.2) is 4.79 Å². The predicted molar refractivity (Wildman–Crippen MR) is 86.0 cm³/mol. The molecule has 21 heavy (non-hydrogen) atoms. The van der Waals surface area contributed by atoms with Gasteiger partial charge in [-0.15, -0.1) is 0 Å². The highest BCUT2D eigenvalue weighted by molar-refractivity contribution is 5.91. The number of rotatable bonds is 7. The number of nitrogens with one attached hydrogen (secondary N) is 1. The topological polar surface area (TPSA) is 66.4 Å². The Morgan fingerprint density at radius 2 is 1.81 bits per heavy atom. The molecule has 0 saturated heterocycles. The van der Waals surface area contributed by atoms with E-state index in [0.29, 0.717) is 18.5 Å². The first kappa shape index (κ1) is 19.4. The molecule has 0 aromatic heterocycles. The first-order chi connectivity index (χ1) is 9.61. The Labute approximate surface area is 128 Å². The first-order valence-electron chi connectivity index (χ1n) is 7.49. The summed E-state index contributed by atoms with van der Waals surface area (Å²) in [7, 11) is 0. The van der Waals surface area contributed by atoms with Crippen molar-refractivity contribution in [2.45, 2.75) is 54.4 Å². The minimum atomic E-state index is -0.924. The van der Waals surface area contributed by atoms with Gasteiger partial charge in [0.2, 0.25) is 5.91 Å². The molecule has 0 aliphatic carbocycles. The lowest BCUT2D eigenvalue weighted by atomic mass is 9.81. The predicted octanol–water partition coefficient (Wildman–Crippen LogP) is 3.54. The molecule has 0 saturated carbocycles. The normalized spacial score (nSPS) is 14.8. The fraction of sp³-hybridized carbons (Fsp3) is 0.647. The highest BCUT2D eigenvalue weighted by atomic mass is 16.4. The van der Waals surface area contributed by atoms with E-state index >= 15 is 0 Å². The molecule has 0 radical (unpaired) electrons. The molecule has 1 unspecified atom stereocenters. The highest BCUT2D eigenvalue weighted by Gasteiger charge is 2.26. The molecule has 0 aromatic carbocycles. The van der Waals surface area contributed by atoms with Gasteiger partial charge < -0.3 is 10.4 Å². The number of hydrogen-bond donors (Lipinski definition) is 2. The van der Waals surface area contributed by atoms with Crippen LogP contribution in [0.15, 0.2) is 23.3 Å². The summed E-state index contributed by atoms with van der Waals surface area (Å²) in [6.45, 7) is 12.2. The van der Waals surface area contributed by atoms with Gasteiger partial charge in [0.1, 0.15) is 0 Å². The van der Waals surface area contributed by atoms with E-state index < -0.39 is 5.97 Å². The van der Waals surface area contributed by atoms with E-state index in [1.165, 1.54) is 0 Å². The van der Waals surface area contributed by atoms with Gasteiger partial charge in [-0.1, -0.05) is 46.8 Å². The molecule has 0 aromatic rings. The van der Waals surface area contributed by atoms with Crippen molar-refractivity contribution in [1.29, 1.82) is 0 Å². The fourth-order valence-corrected chi connectivity index (χ4v) is 1.79. The molecule has 4 nitrogen and oxygen atoms in total. The Balaban J connectivity index is 4.52. The molecule has 1 amide bonds. The number of aliphatic carboxylic acids is 1. The van der Waals surface area contributed by atoms with Crippen LogP contribution in [0.4, 0.5) is 0 Å². The number of carboxylic acid groups (broad SMARTS) is 1. The number of amides is 1. The van der Waals surface area contributed by atoms with Gasteiger partial charge in [0, 0.05) is 12.5 Å². The second kappa shape index (κ2) is 8.65. The Bertz CT molecular complexity index is 428. The third-order valence-electron chi connectivity index (χ3n) is 3.65. The Kier molecular flexibility index (Phi) is 8.00. The number of carbonyl (C=O) groups is 2. The molecular weight excluding hydrogens is 266 g/mol. The standard InChI is InChI=1S/C17H29NO3/c1-7-9-12(2)14(16(20)21)10-8-11-18-15(19)13(3)17(4,5)6/h9-10,13H,7-8,11H2,1-6H3,(H,18,19)(H,20,21)/b12-9-,14-10+. The van der Waals surface area contributed by atoms with Gasteiger partial charge in [-0.05, 0) is 30.8 Å². The van der Waals surface area contributed by atoms with Crippen molar-refractivity contribution >= 4 is 11.9 Å². The largest absolute Gasteiger partial charge is 0.478 e. The van der Waals surface area contributed by atoms with E-state index in [0.717, 1.165) is 12.0 Å². The summed E-state index contributed by atoms with van der Waals surface area (Å²) >= 11 is 0. The van der Waals surface area contributed by atoms with Gasteiger partial charge >= 0.3 is 5.97 Å². The third-order valence-corrected chi connectivity index (χ3v) is 3.65. The Morgan fingerprint density at radius 1 is 1.24 bits per heavy atom. The SMILES string of the molecule is CC/C=C(C)\C(=C/CCNC(=O)C(C)C(C)(C)C)C(=O)O. The Hall–Kier alpha value is -1.58. The van der Waals surface area contributed by atoms with Crippen LogP contribution in [0.1, 0.15) is 54.4 Å². The summed E-state index contributed by atoms with van der Waals surface area (Å²) in [6.07, 6.45) is 4.88. The van der Waals surface area contributed by atoms with Crippen LogP contribution in [0.2, 0.25) is 0 Å². The smallest absolute Gasteiger partial charge is 0.335 e. The van der Waals surface area contributed by atoms with E-state index in [4.69, 9.17) is 0 Å². The molecule has 0 heterocycles. The monoisotopic (exact) mass is 295 g/mol. The number of carboxylic acids is 1. The lowest BCUT2D eigenvalue weighted by molar-refractivity contribution is -0.132. The van der Waals surface area contributed by atoms with E-state index in [1.54, 1.807) is 13.0 Å². The average molecular weight is 295 g/mol. The van der Waals surface area contributed by atoms with Gasteiger partial charge in [0.05, 0.1) is 5.57 Å². The van der Waals surface area contributed by atoms with Crippen molar-refractivity contribution in [2.24, 2.45) is 11.3 Å². The number of allylic oxidation sites excluding steroid dienone is 1. The van der Waals surface area contributed by atoms with Crippen LogP contribution in [0.25, 0.3) is 0 Å². The zero-order valence-electron chi connectivity index (χ0n) is 14.1. The molecule has 1 atom stereocenters. The van der Waals surface area contributed by atoms with Gasteiger partial charge in [0.15, 0.2) is 0 Å². The minimum Gasteiger partial charge on any atom is -0.478 e. The lowest BCUT2D eigenvalue weighted by Crippen LogP contribution is -2.36. The summed E-state index contributed by atoms with van der Waals surface area (Å²) in [5, 5.41) is 12.0. The second-order valence-electron chi connectivity index (χ2n) is 6.39. The third kappa shape index (κ3) is 7.11. The lowest BCUT2D eigenvalue weighted by Gasteiger charge is -2.25.